The van der Waals surface area contributed by atoms with Crippen molar-refractivity contribution in [1.29, 1.82) is 0 Å². The maximum atomic E-state index is 8.88. The predicted molar refractivity (Wildman–Crippen MR) is 63.8 cm³/mol. The maximum absolute atomic E-state index is 8.88. The van der Waals surface area contributed by atoms with E-state index in [1.54, 1.807) is 12.4 Å². The number of aromatic nitrogens is 2. The van der Waals surface area contributed by atoms with Crippen LogP contribution < -0.4 is 4.74 Å². The third-order valence-electron chi connectivity index (χ3n) is 2.42. The van der Waals surface area contributed by atoms with Crippen molar-refractivity contribution in [2.24, 2.45) is 0 Å². The molecule has 2 rings (SSSR count). The molecule has 0 aliphatic heterocycles. The smallest absolute Gasteiger partial charge is 0.321 e. The minimum absolute atomic E-state index is 0.0637. The Hall–Kier alpha value is -1.94. The van der Waals surface area contributed by atoms with E-state index in [0.717, 1.165) is 17.7 Å². The zero-order valence-corrected chi connectivity index (χ0v) is 9.63. The van der Waals surface area contributed by atoms with Crippen LogP contribution in [0, 0.1) is 0 Å². The zero-order chi connectivity index (χ0) is 12.1. The van der Waals surface area contributed by atoms with E-state index >= 15 is 0 Å². The predicted octanol–water partition coefficient (Wildman–Crippen LogP) is 2.32. The van der Waals surface area contributed by atoms with Crippen LogP contribution >= 0.6 is 0 Å². The molecule has 1 aromatic heterocycles. The van der Waals surface area contributed by atoms with Gasteiger partial charge in [-0.2, -0.15) is 0 Å². The Balaban J connectivity index is 2.19. The van der Waals surface area contributed by atoms with Crippen LogP contribution in [0.5, 0.6) is 11.8 Å². The Labute approximate surface area is 99.9 Å². The molecular weight excluding hydrogens is 216 g/mol. The Morgan fingerprint density at radius 2 is 1.88 bits per heavy atom. The molecule has 88 valence electrons. The first-order valence-corrected chi connectivity index (χ1v) is 5.51. The van der Waals surface area contributed by atoms with Gasteiger partial charge in [-0.25, -0.2) is 9.97 Å². The molecular formula is C13H14N2O2. The molecule has 0 spiro atoms. The first-order valence-electron chi connectivity index (χ1n) is 5.51. The van der Waals surface area contributed by atoms with Crippen LogP contribution in [0.4, 0.5) is 0 Å². The summed E-state index contributed by atoms with van der Waals surface area (Å²) in [6, 6.07) is 8.08. The third kappa shape index (κ3) is 2.79. The highest BCUT2D eigenvalue weighted by atomic mass is 16.5. The summed E-state index contributed by atoms with van der Waals surface area (Å²) in [6.45, 7) is 2.00. The second-order valence-electron chi connectivity index (χ2n) is 3.60. The SMILES string of the molecule is CCc1ccccc1Oc1ncc(CO)cn1. The van der Waals surface area contributed by atoms with E-state index in [2.05, 4.69) is 16.9 Å². The molecule has 1 aromatic carbocycles. The number of ether oxygens (including phenoxy) is 1. The number of benzene rings is 1. The summed E-state index contributed by atoms with van der Waals surface area (Å²) in [6.07, 6.45) is 4.00. The van der Waals surface area contributed by atoms with Crippen LogP contribution in [0.15, 0.2) is 36.7 Å². The van der Waals surface area contributed by atoms with Gasteiger partial charge in [0.15, 0.2) is 0 Å². The highest BCUT2D eigenvalue weighted by Crippen LogP contribution is 2.22. The van der Waals surface area contributed by atoms with Crippen LogP contribution in [-0.4, -0.2) is 15.1 Å². The number of nitrogens with zero attached hydrogens (tertiary/aromatic N) is 2. The summed E-state index contributed by atoms with van der Waals surface area (Å²) >= 11 is 0. The van der Waals surface area contributed by atoms with Crippen molar-refractivity contribution in [1.82, 2.24) is 9.97 Å². The first-order chi connectivity index (χ1) is 8.33. The van der Waals surface area contributed by atoms with E-state index in [4.69, 9.17) is 9.84 Å². The molecule has 0 radical (unpaired) electrons. The molecule has 2 aromatic rings. The lowest BCUT2D eigenvalue weighted by Crippen LogP contribution is -1.96. The second kappa shape index (κ2) is 5.41. The molecule has 0 saturated heterocycles. The van der Waals surface area contributed by atoms with Crippen molar-refractivity contribution >= 4 is 0 Å². The summed E-state index contributed by atoms with van der Waals surface area (Å²) in [4.78, 5) is 8.05. The lowest BCUT2D eigenvalue weighted by Gasteiger charge is -2.07. The normalized spacial score (nSPS) is 10.2. The number of hydrogen-bond donors (Lipinski definition) is 1. The van der Waals surface area contributed by atoms with Gasteiger partial charge in [-0.3, -0.25) is 0 Å². The van der Waals surface area contributed by atoms with Crippen LogP contribution in [0.25, 0.3) is 0 Å². The lowest BCUT2D eigenvalue weighted by atomic mass is 10.1. The molecule has 0 aliphatic carbocycles. The van der Waals surface area contributed by atoms with E-state index in [-0.39, 0.29) is 6.61 Å². The van der Waals surface area contributed by atoms with E-state index in [9.17, 15) is 0 Å². The molecule has 1 N–H and O–H groups in total. The van der Waals surface area contributed by atoms with Gasteiger partial charge in [0.25, 0.3) is 0 Å². The summed E-state index contributed by atoms with van der Waals surface area (Å²) in [7, 11) is 0. The number of aliphatic hydroxyl groups excluding tert-OH is 1. The molecule has 0 saturated carbocycles. The van der Waals surface area contributed by atoms with Gasteiger partial charge in [-0.15, -0.1) is 0 Å². The van der Waals surface area contributed by atoms with Gasteiger partial charge in [-0.1, -0.05) is 25.1 Å². The molecule has 0 bridgehead atoms. The van der Waals surface area contributed by atoms with Crippen molar-refractivity contribution in [2.75, 3.05) is 0 Å². The van der Waals surface area contributed by atoms with Crippen molar-refractivity contribution in [3.05, 3.63) is 47.8 Å². The van der Waals surface area contributed by atoms with Crippen molar-refractivity contribution in [2.45, 2.75) is 20.0 Å². The largest absolute Gasteiger partial charge is 0.424 e. The minimum atomic E-state index is -0.0637. The van der Waals surface area contributed by atoms with Crippen LogP contribution in [0.3, 0.4) is 0 Å². The number of aryl methyl sites for hydroxylation is 1. The van der Waals surface area contributed by atoms with Gasteiger partial charge in [0.05, 0.1) is 6.61 Å². The standard InChI is InChI=1S/C13H14N2O2/c1-2-11-5-3-4-6-12(11)17-13-14-7-10(9-16)8-15-13/h3-8,16H,2,9H2,1H3. The monoisotopic (exact) mass is 230 g/mol. The molecule has 0 fully saturated rings. The summed E-state index contributed by atoms with van der Waals surface area (Å²) in [5.74, 6) is 0.770. The van der Waals surface area contributed by atoms with Crippen molar-refractivity contribution in [3.63, 3.8) is 0 Å². The van der Waals surface area contributed by atoms with Gasteiger partial charge >= 0.3 is 6.01 Å². The molecule has 0 aliphatic rings. The first kappa shape index (κ1) is 11.5. The van der Waals surface area contributed by atoms with Crippen LogP contribution in [0.1, 0.15) is 18.1 Å². The van der Waals surface area contributed by atoms with Gasteiger partial charge in [0, 0.05) is 18.0 Å². The fourth-order valence-corrected chi connectivity index (χ4v) is 1.47. The maximum Gasteiger partial charge on any atom is 0.321 e. The minimum Gasteiger partial charge on any atom is -0.424 e. The highest BCUT2D eigenvalue weighted by Gasteiger charge is 2.04. The van der Waals surface area contributed by atoms with E-state index < -0.39 is 0 Å². The Bertz CT molecular complexity index is 483. The molecule has 4 nitrogen and oxygen atoms in total. The number of hydrogen-bond acceptors (Lipinski definition) is 4. The fraction of sp³-hybridized carbons (Fsp3) is 0.231. The summed E-state index contributed by atoms with van der Waals surface area (Å²) in [5.41, 5.74) is 1.78. The number of aliphatic hydroxyl groups is 1. The average Bonchev–Trinajstić information content (AvgIpc) is 2.40. The van der Waals surface area contributed by atoms with E-state index in [1.165, 1.54) is 0 Å². The molecule has 4 heteroatoms. The Morgan fingerprint density at radius 1 is 1.18 bits per heavy atom. The second-order valence-corrected chi connectivity index (χ2v) is 3.60. The zero-order valence-electron chi connectivity index (χ0n) is 9.63. The number of para-hydroxylation sites is 1. The Morgan fingerprint density at radius 3 is 2.53 bits per heavy atom. The summed E-state index contributed by atoms with van der Waals surface area (Å²) in [5, 5.41) is 8.88. The number of rotatable bonds is 4. The average molecular weight is 230 g/mol. The molecule has 0 atom stereocenters. The van der Waals surface area contributed by atoms with Gasteiger partial charge in [0.2, 0.25) is 0 Å². The highest BCUT2D eigenvalue weighted by molar-refractivity contribution is 5.34. The Kier molecular flexibility index (Phi) is 3.67. The lowest BCUT2D eigenvalue weighted by molar-refractivity contribution is 0.280. The van der Waals surface area contributed by atoms with Crippen LogP contribution in [0.2, 0.25) is 0 Å². The summed E-state index contributed by atoms with van der Waals surface area (Å²) < 4.78 is 5.60. The third-order valence-corrected chi connectivity index (χ3v) is 2.42. The quantitative estimate of drug-likeness (QED) is 0.875. The van der Waals surface area contributed by atoms with E-state index in [0.29, 0.717) is 11.6 Å². The molecule has 0 unspecified atom stereocenters. The topological polar surface area (TPSA) is 55.2 Å². The molecule has 17 heavy (non-hydrogen) atoms. The van der Waals surface area contributed by atoms with Crippen LogP contribution in [-0.2, 0) is 13.0 Å². The van der Waals surface area contributed by atoms with Gasteiger partial charge in [0.1, 0.15) is 5.75 Å². The molecule has 0 amide bonds. The van der Waals surface area contributed by atoms with Gasteiger partial charge in [-0.05, 0) is 18.1 Å². The van der Waals surface area contributed by atoms with Gasteiger partial charge < -0.3 is 9.84 Å². The fourth-order valence-electron chi connectivity index (χ4n) is 1.47. The van der Waals surface area contributed by atoms with Crippen molar-refractivity contribution in [3.8, 4) is 11.8 Å². The molecule has 1 heterocycles. The van der Waals surface area contributed by atoms with E-state index in [1.807, 2.05) is 24.3 Å². The van der Waals surface area contributed by atoms with Crippen molar-refractivity contribution < 1.29 is 9.84 Å².